The molecule has 0 radical (unpaired) electrons. The summed E-state index contributed by atoms with van der Waals surface area (Å²) >= 11 is 0. The first kappa shape index (κ1) is 16.9. The molecule has 0 unspecified atom stereocenters. The van der Waals surface area contributed by atoms with Crippen molar-refractivity contribution in [3.63, 3.8) is 0 Å². The minimum absolute atomic E-state index is 0.0704. The monoisotopic (exact) mass is 368 g/mol. The number of likely N-dealkylation sites (tertiary alicyclic amines) is 1. The van der Waals surface area contributed by atoms with Gasteiger partial charge in [-0.1, -0.05) is 0 Å². The molecule has 2 aliphatic heterocycles. The first-order valence-corrected chi connectivity index (χ1v) is 8.57. The normalized spacial score (nSPS) is 25.8. The van der Waals surface area contributed by atoms with Gasteiger partial charge < -0.3 is 10.2 Å². The van der Waals surface area contributed by atoms with Crippen molar-refractivity contribution in [2.75, 3.05) is 11.9 Å². The number of anilines is 1. The van der Waals surface area contributed by atoms with Crippen molar-refractivity contribution in [1.29, 1.82) is 0 Å². The SMILES string of the molecule is C[C@@H]1C[C@H](C(F)(F)F)n2nc([C@@H]3CCCN3C(=O)c3ccn[nH]3)cc2N1. The van der Waals surface area contributed by atoms with E-state index in [9.17, 15) is 18.0 Å². The zero-order valence-electron chi connectivity index (χ0n) is 14.1. The Hall–Kier alpha value is -2.52. The molecule has 0 aliphatic carbocycles. The van der Waals surface area contributed by atoms with Gasteiger partial charge in [0, 0.05) is 24.8 Å². The molecule has 0 spiro atoms. The topological polar surface area (TPSA) is 78.8 Å². The van der Waals surface area contributed by atoms with Gasteiger partial charge in [0.2, 0.25) is 0 Å². The highest BCUT2D eigenvalue weighted by molar-refractivity contribution is 5.92. The van der Waals surface area contributed by atoms with Gasteiger partial charge >= 0.3 is 6.18 Å². The molecule has 2 aromatic rings. The maximum Gasteiger partial charge on any atom is 0.410 e. The van der Waals surface area contributed by atoms with E-state index < -0.39 is 12.2 Å². The number of H-pyrrole nitrogens is 1. The van der Waals surface area contributed by atoms with Crippen LogP contribution in [0.1, 0.15) is 54.5 Å². The second-order valence-electron chi connectivity index (χ2n) is 6.86. The molecule has 7 nitrogen and oxygen atoms in total. The third kappa shape index (κ3) is 2.82. The third-order valence-electron chi connectivity index (χ3n) is 4.99. The van der Waals surface area contributed by atoms with Crippen molar-refractivity contribution < 1.29 is 18.0 Å². The zero-order chi connectivity index (χ0) is 18.5. The second kappa shape index (κ2) is 6.03. The standard InChI is InChI=1S/C16H19F3N6O/c1-9-7-13(16(17,18)19)25-14(21-9)8-11(23-25)12-3-2-6-24(12)15(26)10-4-5-20-22-10/h4-5,8-9,12-13,21H,2-3,6-7H2,1H3,(H,20,22)/t9-,12+,13-/m1/s1. The van der Waals surface area contributed by atoms with E-state index in [4.69, 9.17) is 0 Å². The average Bonchev–Trinajstić information content (AvgIpc) is 3.31. The van der Waals surface area contributed by atoms with Crippen LogP contribution in [0.25, 0.3) is 0 Å². The molecule has 2 aromatic heterocycles. The largest absolute Gasteiger partial charge is 0.410 e. The molecule has 1 saturated heterocycles. The maximum absolute atomic E-state index is 13.4. The van der Waals surface area contributed by atoms with Crippen LogP contribution in [0.5, 0.6) is 0 Å². The minimum atomic E-state index is -4.37. The highest BCUT2D eigenvalue weighted by Gasteiger charge is 2.46. The molecule has 0 saturated carbocycles. The summed E-state index contributed by atoms with van der Waals surface area (Å²) < 4.78 is 41.2. The zero-order valence-corrected chi connectivity index (χ0v) is 14.1. The van der Waals surface area contributed by atoms with Gasteiger partial charge in [-0.15, -0.1) is 0 Å². The number of rotatable bonds is 2. The lowest BCUT2D eigenvalue weighted by molar-refractivity contribution is -0.173. The molecule has 3 atom stereocenters. The van der Waals surface area contributed by atoms with Crippen LogP contribution < -0.4 is 5.32 Å². The van der Waals surface area contributed by atoms with Crippen LogP contribution in [-0.2, 0) is 0 Å². The summed E-state index contributed by atoms with van der Waals surface area (Å²) in [7, 11) is 0. The second-order valence-corrected chi connectivity index (χ2v) is 6.86. The molecule has 1 amide bonds. The third-order valence-corrected chi connectivity index (χ3v) is 4.99. The number of aromatic amines is 1. The van der Waals surface area contributed by atoms with Crippen molar-refractivity contribution in [1.82, 2.24) is 24.9 Å². The predicted molar refractivity (Wildman–Crippen MR) is 86.6 cm³/mol. The van der Waals surface area contributed by atoms with E-state index in [2.05, 4.69) is 20.6 Å². The molecular formula is C16H19F3N6O. The highest BCUT2D eigenvalue weighted by Crippen LogP contribution is 2.41. The van der Waals surface area contributed by atoms with Crippen LogP contribution in [0.3, 0.4) is 0 Å². The number of nitrogens with zero attached hydrogens (tertiary/aromatic N) is 4. The molecule has 140 valence electrons. The molecule has 1 fully saturated rings. The van der Waals surface area contributed by atoms with E-state index in [1.807, 2.05) is 0 Å². The first-order valence-electron chi connectivity index (χ1n) is 8.57. The van der Waals surface area contributed by atoms with E-state index >= 15 is 0 Å². The highest BCUT2D eigenvalue weighted by atomic mass is 19.4. The average molecular weight is 368 g/mol. The Morgan fingerprint density at radius 1 is 1.38 bits per heavy atom. The fourth-order valence-corrected chi connectivity index (χ4v) is 3.79. The minimum Gasteiger partial charge on any atom is -0.368 e. The van der Waals surface area contributed by atoms with Gasteiger partial charge in [-0.3, -0.25) is 9.89 Å². The fourth-order valence-electron chi connectivity index (χ4n) is 3.79. The summed E-state index contributed by atoms with van der Waals surface area (Å²) in [5, 5.41) is 13.7. The summed E-state index contributed by atoms with van der Waals surface area (Å²) in [6.45, 7) is 2.26. The maximum atomic E-state index is 13.4. The van der Waals surface area contributed by atoms with Crippen molar-refractivity contribution in [2.45, 2.75) is 50.5 Å². The number of hydrogen-bond acceptors (Lipinski definition) is 4. The van der Waals surface area contributed by atoms with Crippen molar-refractivity contribution in [3.8, 4) is 0 Å². The van der Waals surface area contributed by atoms with E-state index in [1.54, 1.807) is 24.0 Å². The van der Waals surface area contributed by atoms with Crippen LogP contribution in [0.15, 0.2) is 18.3 Å². The van der Waals surface area contributed by atoms with Gasteiger partial charge in [0.1, 0.15) is 11.5 Å². The molecule has 0 aromatic carbocycles. The lowest BCUT2D eigenvalue weighted by Crippen LogP contribution is -2.38. The molecule has 0 bridgehead atoms. The summed E-state index contributed by atoms with van der Waals surface area (Å²) in [5.74, 6) is 0.131. The molecule has 2 N–H and O–H groups in total. The lowest BCUT2D eigenvalue weighted by atomic mass is 10.1. The van der Waals surface area contributed by atoms with E-state index in [0.29, 0.717) is 30.2 Å². The Morgan fingerprint density at radius 3 is 2.88 bits per heavy atom. The number of carbonyl (C=O) groups is 1. The summed E-state index contributed by atoms with van der Waals surface area (Å²) in [6, 6.07) is 0.928. The quantitative estimate of drug-likeness (QED) is 0.854. The van der Waals surface area contributed by atoms with Crippen LogP contribution in [0.2, 0.25) is 0 Å². The fraction of sp³-hybridized carbons (Fsp3) is 0.562. The number of halogens is 3. The molecule has 10 heteroatoms. The number of hydrogen-bond donors (Lipinski definition) is 2. The van der Waals surface area contributed by atoms with Gasteiger partial charge in [-0.05, 0) is 32.3 Å². The molecule has 4 heterocycles. The van der Waals surface area contributed by atoms with Crippen LogP contribution in [0, 0.1) is 0 Å². The van der Waals surface area contributed by atoms with Gasteiger partial charge in [0.25, 0.3) is 5.91 Å². The van der Waals surface area contributed by atoms with E-state index in [0.717, 1.165) is 11.1 Å². The molecule has 2 aliphatic rings. The van der Waals surface area contributed by atoms with Gasteiger partial charge in [-0.25, -0.2) is 4.68 Å². The number of aromatic nitrogens is 4. The molecular weight excluding hydrogens is 349 g/mol. The van der Waals surface area contributed by atoms with E-state index in [1.165, 1.54) is 6.20 Å². The summed E-state index contributed by atoms with van der Waals surface area (Å²) in [5.41, 5.74) is 0.849. The predicted octanol–water partition coefficient (Wildman–Crippen LogP) is 2.89. The van der Waals surface area contributed by atoms with Gasteiger partial charge in [0.15, 0.2) is 6.04 Å². The number of nitrogens with one attached hydrogen (secondary N) is 2. The Kier molecular flexibility index (Phi) is 3.92. The van der Waals surface area contributed by atoms with Gasteiger partial charge in [0.05, 0.1) is 11.7 Å². The summed E-state index contributed by atoms with van der Waals surface area (Å²) in [6.07, 6.45) is -1.50. The summed E-state index contributed by atoms with van der Waals surface area (Å²) in [4.78, 5) is 14.3. The Labute approximate surface area is 147 Å². The number of carbonyl (C=O) groups excluding carboxylic acids is 1. The van der Waals surface area contributed by atoms with E-state index in [-0.39, 0.29) is 24.4 Å². The van der Waals surface area contributed by atoms with Crippen molar-refractivity contribution in [3.05, 3.63) is 29.7 Å². The van der Waals surface area contributed by atoms with Crippen molar-refractivity contribution >= 4 is 11.7 Å². The van der Waals surface area contributed by atoms with Crippen LogP contribution in [0.4, 0.5) is 19.0 Å². The Bertz CT molecular complexity index is 800. The van der Waals surface area contributed by atoms with Crippen LogP contribution >= 0.6 is 0 Å². The molecule has 26 heavy (non-hydrogen) atoms. The smallest absolute Gasteiger partial charge is 0.368 e. The number of amides is 1. The van der Waals surface area contributed by atoms with Gasteiger partial charge in [-0.2, -0.15) is 23.4 Å². The first-order chi connectivity index (χ1) is 12.3. The Morgan fingerprint density at radius 2 is 2.19 bits per heavy atom. The van der Waals surface area contributed by atoms with Crippen LogP contribution in [-0.4, -0.2) is 49.5 Å². The number of alkyl halides is 3. The Balaban J connectivity index is 1.65. The number of fused-ring (bicyclic) bond motifs is 1. The molecule has 4 rings (SSSR count). The van der Waals surface area contributed by atoms with Crippen molar-refractivity contribution in [2.24, 2.45) is 0 Å². The lowest BCUT2D eigenvalue weighted by Gasteiger charge is -2.31.